The van der Waals surface area contributed by atoms with E-state index in [1.165, 1.54) is 11.1 Å². The molecule has 0 saturated carbocycles. The van der Waals surface area contributed by atoms with Gasteiger partial charge in [0.1, 0.15) is 18.0 Å². The third-order valence-electron chi connectivity index (χ3n) is 4.75. The Labute approximate surface area is 142 Å². The molecule has 0 aliphatic carbocycles. The molecule has 0 radical (unpaired) electrons. The van der Waals surface area contributed by atoms with Crippen molar-refractivity contribution in [2.45, 2.75) is 33.2 Å². The lowest BCUT2D eigenvalue weighted by Crippen LogP contribution is -2.36. The van der Waals surface area contributed by atoms with Crippen LogP contribution in [0.4, 0.5) is 0 Å². The van der Waals surface area contributed by atoms with Gasteiger partial charge in [-0.05, 0) is 68.5 Å². The zero-order chi connectivity index (χ0) is 17.1. The maximum atomic E-state index is 10.5. The second-order valence-electron chi connectivity index (χ2n) is 6.84. The van der Waals surface area contributed by atoms with Crippen molar-refractivity contribution >= 4 is 16.9 Å². The van der Waals surface area contributed by atoms with Crippen LogP contribution in [0.5, 0.6) is 0 Å². The van der Waals surface area contributed by atoms with Crippen LogP contribution in [-0.4, -0.2) is 42.3 Å². The van der Waals surface area contributed by atoms with Crippen molar-refractivity contribution in [3.63, 3.8) is 0 Å². The van der Waals surface area contributed by atoms with Crippen LogP contribution in [0.3, 0.4) is 0 Å². The summed E-state index contributed by atoms with van der Waals surface area (Å²) in [6.45, 7) is 7.29. The number of aliphatic carboxylic acids is 1. The molecule has 130 valence electrons. The molecule has 1 aliphatic heterocycles. The largest absolute Gasteiger partial charge is 0.480 e. The van der Waals surface area contributed by atoms with Crippen LogP contribution < -0.4 is 0 Å². The summed E-state index contributed by atoms with van der Waals surface area (Å²) >= 11 is 0. The highest BCUT2D eigenvalue weighted by molar-refractivity contribution is 5.79. The molecule has 5 nitrogen and oxygen atoms in total. The SMILES string of the molecule is Cc1cc2cc(CN3CCCC(COCC(=O)O)C3)oc2cc1C. The summed E-state index contributed by atoms with van der Waals surface area (Å²) in [6.07, 6.45) is 2.20. The van der Waals surface area contributed by atoms with Crippen molar-refractivity contribution in [3.05, 3.63) is 35.1 Å². The number of fused-ring (bicyclic) bond motifs is 1. The number of nitrogens with zero attached hydrogens (tertiary/aromatic N) is 1. The second-order valence-corrected chi connectivity index (χ2v) is 6.84. The predicted molar refractivity (Wildman–Crippen MR) is 92.1 cm³/mol. The summed E-state index contributed by atoms with van der Waals surface area (Å²) in [4.78, 5) is 12.9. The van der Waals surface area contributed by atoms with E-state index in [9.17, 15) is 4.79 Å². The standard InChI is InChI=1S/C19H25NO4/c1-13-6-16-8-17(24-18(16)7-14(13)2)10-20-5-3-4-15(9-20)11-23-12-19(21)22/h6-8,15H,3-5,9-12H2,1-2H3,(H,21,22). The van der Waals surface area contributed by atoms with Crippen LogP contribution >= 0.6 is 0 Å². The Bertz CT molecular complexity index is 682. The molecular formula is C19H25NO4. The van der Waals surface area contributed by atoms with Crippen molar-refractivity contribution in [1.82, 2.24) is 4.90 Å². The molecule has 1 N–H and O–H groups in total. The summed E-state index contributed by atoms with van der Waals surface area (Å²) < 4.78 is 11.3. The van der Waals surface area contributed by atoms with E-state index in [0.717, 1.165) is 49.2 Å². The van der Waals surface area contributed by atoms with Gasteiger partial charge in [-0.25, -0.2) is 4.79 Å². The quantitative estimate of drug-likeness (QED) is 0.879. The van der Waals surface area contributed by atoms with Crippen molar-refractivity contribution in [2.75, 3.05) is 26.3 Å². The summed E-state index contributed by atoms with van der Waals surface area (Å²) in [6, 6.07) is 6.41. The molecule has 1 atom stereocenters. The Kier molecular flexibility index (Phi) is 5.21. The fourth-order valence-corrected chi connectivity index (χ4v) is 3.40. The first-order valence-corrected chi connectivity index (χ1v) is 8.53. The minimum atomic E-state index is -0.907. The zero-order valence-corrected chi connectivity index (χ0v) is 14.4. The highest BCUT2D eigenvalue weighted by Crippen LogP contribution is 2.25. The maximum absolute atomic E-state index is 10.5. The maximum Gasteiger partial charge on any atom is 0.329 e. The number of likely N-dealkylation sites (tertiary alicyclic amines) is 1. The summed E-state index contributed by atoms with van der Waals surface area (Å²) in [5.41, 5.74) is 3.48. The van der Waals surface area contributed by atoms with E-state index in [0.29, 0.717) is 12.5 Å². The molecule has 1 aromatic heterocycles. The van der Waals surface area contributed by atoms with Crippen molar-refractivity contribution in [1.29, 1.82) is 0 Å². The predicted octanol–water partition coefficient (Wildman–Crippen LogP) is 3.36. The average molecular weight is 331 g/mol. The number of carbonyl (C=O) groups is 1. The number of hydrogen-bond donors (Lipinski definition) is 1. The Morgan fingerprint density at radius 1 is 1.33 bits per heavy atom. The number of ether oxygens (including phenoxy) is 1. The lowest BCUT2D eigenvalue weighted by molar-refractivity contribution is -0.142. The van der Waals surface area contributed by atoms with E-state index >= 15 is 0 Å². The number of aryl methyl sites for hydroxylation is 2. The van der Waals surface area contributed by atoms with Gasteiger partial charge in [0.2, 0.25) is 0 Å². The number of carboxylic acid groups (broad SMARTS) is 1. The third kappa shape index (κ3) is 4.16. The van der Waals surface area contributed by atoms with Crippen LogP contribution in [0.25, 0.3) is 11.0 Å². The average Bonchev–Trinajstić information content (AvgIpc) is 2.89. The van der Waals surface area contributed by atoms with Gasteiger partial charge in [0, 0.05) is 11.9 Å². The molecule has 1 saturated heterocycles. The van der Waals surface area contributed by atoms with Crippen LogP contribution in [0, 0.1) is 19.8 Å². The Balaban J connectivity index is 1.60. The molecule has 2 aromatic rings. The van der Waals surface area contributed by atoms with Gasteiger partial charge in [-0.1, -0.05) is 0 Å². The smallest absolute Gasteiger partial charge is 0.329 e. The second kappa shape index (κ2) is 7.36. The summed E-state index contributed by atoms with van der Waals surface area (Å²) in [7, 11) is 0. The Hall–Kier alpha value is -1.85. The van der Waals surface area contributed by atoms with Crippen LogP contribution in [-0.2, 0) is 16.1 Å². The third-order valence-corrected chi connectivity index (χ3v) is 4.75. The van der Waals surface area contributed by atoms with Gasteiger partial charge in [0.25, 0.3) is 0 Å². The highest BCUT2D eigenvalue weighted by atomic mass is 16.5. The summed E-state index contributed by atoms with van der Waals surface area (Å²) in [5.74, 6) is 0.476. The van der Waals surface area contributed by atoms with Gasteiger partial charge < -0.3 is 14.3 Å². The van der Waals surface area contributed by atoms with E-state index < -0.39 is 5.97 Å². The van der Waals surface area contributed by atoms with E-state index in [-0.39, 0.29) is 6.61 Å². The van der Waals surface area contributed by atoms with Crippen LogP contribution in [0.2, 0.25) is 0 Å². The number of piperidine rings is 1. The van der Waals surface area contributed by atoms with Crippen molar-refractivity contribution in [2.24, 2.45) is 5.92 Å². The molecular weight excluding hydrogens is 306 g/mol. The molecule has 1 aromatic carbocycles. The molecule has 1 unspecified atom stereocenters. The first-order chi connectivity index (χ1) is 11.5. The number of benzene rings is 1. The normalized spacial score (nSPS) is 19.0. The van der Waals surface area contributed by atoms with Crippen LogP contribution in [0.15, 0.2) is 22.6 Å². The van der Waals surface area contributed by atoms with E-state index in [4.69, 9.17) is 14.3 Å². The Morgan fingerprint density at radius 2 is 2.12 bits per heavy atom. The molecule has 0 amide bonds. The highest BCUT2D eigenvalue weighted by Gasteiger charge is 2.21. The minimum absolute atomic E-state index is 0.210. The number of furan rings is 1. The molecule has 0 bridgehead atoms. The van der Waals surface area contributed by atoms with E-state index in [2.05, 4.69) is 36.9 Å². The van der Waals surface area contributed by atoms with Crippen molar-refractivity contribution < 1.29 is 19.1 Å². The molecule has 1 aliphatic rings. The fraction of sp³-hybridized carbons (Fsp3) is 0.526. The molecule has 24 heavy (non-hydrogen) atoms. The van der Waals surface area contributed by atoms with Gasteiger partial charge in [-0.3, -0.25) is 4.90 Å². The number of rotatable bonds is 6. The van der Waals surface area contributed by atoms with Gasteiger partial charge in [-0.2, -0.15) is 0 Å². The lowest BCUT2D eigenvalue weighted by Gasteiger charge is -2.31. The lowest BCUT2D eigenvalue weighted by atomic mass is 9.99. The molecule has 2 heterocycles. The molecule has 0 spiro atoms. The van der Waals surface area contributed by atoms with Crippen LogP contribution in [0.1, 0.15) is 29.7 Å². The van der Waals surface area contributed by atoms with Gasteiger partial charge >= 0.3 is 5.97 Å². The summed E-state index contributed by atoms with van der Waals surface area (Å²) in [5, 5.41) is 9.81. The first-order valence-electron chi connectivity index (χ1n) is 8.53. The zero-order valence-electron chi connectivity index (χ0n) is 14.4. The fourth-order valence-electron chi connectivity index (χ4n) is 3.40. The topological polar surface area (TPSA) is 62.9 Å². The Morgan fingerprint density at radius 3 is 2.92 bits per heavy atom. The number of carboxylic acids is 1. The molecule has 1 fully saturated rings. The first kappa shape index (κ1) is 17.0. The van der Waals surface area contributed by atoms with E-state index in [1.807, 2.05) is 0 Å². The van der Waals surface area contributed by atoms with Gasteiger partial charge in [-0.15, -0.1) is 0 Å². The van der Waals surface area contributed by atoms with Crippen molar-refractivity contribution in [3.8, 4) is 0 Å². The molecule has 5 heteroatoms. The molecule has 3 rings (SSSR count). The minimum Gasteiger partial charge on any atom is -0.480 e. The van der Waals surface area contributed by atoms with Gasteiger partial charge in [0.05, 0.1) is 13.2 Å². The number of hydrogen-bond acceptors (Lipinski definition) is 4. The monoisotopic (exact) mass is 331 g/mol. The van der Waals surface area contributed by atoms with Gasteiger partial charge in [0.15, 0.2) is 0 Å². The van der Waals surface area contributed by atoms with E-state index in [1.54, 1.807) is 0 Å².